The minimum Gasteiger partial charge on any atom is -0.367 e. The molecule has 0 bridgehead atoms. The number of amides is 1. The van der Waals surface area contributed by atoms with Gasteiger partial charge < -0.3 is 15.2 Å². The predicted molar refractivity (Wildman–Crippen MR) is 107 cm³/mol. The van der Waals surface area contributed by atoms with E-state index in [0.29, 0.717) is 5.56 Å². The van der Waals surface area contributed by atoms with E-state index >= 15 is 0 Å². The fraction of sp³-hybridized carbons (Fsp3) is 0.429. The van der Waals surface area contributed by atoms with Gasteiger partial charge in [0.05, 0.1) is 0 Å². The lowest BCUT2D eigenvalue weighted by atomic mass is 9.74. The second kappa shape index (κ2) is 8.28. The van der Waals surface area contributed by atoms with E-state index in [2.05, 4.69) is 35.4 Å². The summed E-state index contributed by atoms with van der Waals surface area (Å²) in [4.78, 5) is 29.5. The number of Topliss-reactive ketones (excluding diaryl/α,β-unsaturated/α-hetero) is 1. The summed E-state index contributed by atoms with van der Waals surface area (Å²) in [7, 11) is 4.20. The molecule has 3 rings (SSSR count). The van der Waals surface area contributed by atoms with Crippen molar-refractivity contribution in [3.05, 3.63) is 58.9 Å². The average Bonchev–Trinajstić information content (AvgIpc) is 3.19. The minimum absolute atomic E-state index is 0.0108. The highest BCUT2D eigenvalue weighted by Gasteiger charge is 2.38. The van der Waals surface area contributed by atoms with Crippen molar-refractivity contribution < 1.29 is 9.59 Å². The number of likely N-dealkylation sites (N-methyl/N-ethyl adjacent to an activating group) is 1. The summed E-state index contributed by atoms with van der Waals surface area (Å²) >= 11 is 6.38. The number of halogens is 1. The van der Waals surface area contributed by atoms with Gasteiger partial charge in [-0.3, -0.25) is 9.59 Å². The number of carbonyl (C=O) groups is 2. The first-order valence-electron chi connectivity index (χ1n) is 9.30. The summed E-state index contributed by atoms with van der Waals surface area (Å²) in [6.07, 6.45) is 7.62. The summed E-state index contributed by atoms with van der Waals surface area (Å²) in [5, 5.41) is 3.71. The van der Waals surface area contributed by atoms with Gasteiger partial charge in [-0.25, -0.2) is 0 Å². The maximum Gasteiger partial charge on any atom is 0.292 e. The third-order valence-corrected chi connectivity index (χ3v) is 6.11. The number of benzene rings is 1. The summed E-state index contributed by atoms with van der Waals surface area (Å²) in [5.74, 6) is -1.01. The molecular formula is C21H26ClN3O2. The molecule has 6 heteroatoms. The first-order valence-corrected chi connectivity index (χ1v) is 9.68. The van der Waals surface area contributed by atoms with Crippen molar-refractivity contribution in [3.8, 4) is 0 Å². The molecule has 1 aromatic heterocycles. The fourth-order valence-electron chi connectivity index (χ4n) is 3.93. The van der Waals surface area contributed by atoms with Crippen molar-refractivity contribution in [1.29, 1.82) is 0 Å². The van der Waals surface area contributed by atoms with Crippen LogP contribution < -0.4 is 5.32 Å². The second-order valence-electron chi connectivity index (χ2n) is 7.56. The predicted octanol–water partition coefficient (Wildman–Crippen LogP) is 3.45. The SMILES string of the molecule is CN(C)C1(Cc2ccccc2Cl)CCC(NC(=O)C(=O)c2cc[nH]c2)CC1. The zero-order valence-electron chi connectivity index (χ0n) is 15.8. The van der Waals surface area contributed by atoms with Crippen molar-refractivity contribution >= 4 is 23.3 Å². The van der Waals surface area contributed by atoms with Crippen LogP contribution in [0, 0.1) is 0 Å². The second-order valence-corrected chi connectivity index (χ2v) is 7.97. The largest absolute Gasteiger partial charge is 0.367 e. The maximum absolute atomic E-state index is 12.2. The molecule has 1 amide bonds. The van der Waals surface area contributed by atoms with Crippen LogP contribution in [0.3, 0.4) is 0 Å². The molecule has 0 atom stereocenters. The van der Waals surface area contributed by atoms with Crippen molar-refractivity contribution in [2.24, 2.45) is 0 Å². The van der Waals surface area contributed by atoms with Crippen molar-refractivity contribution in [3.63, 3.8) is 0 Å². The summed E-state index contributed by atoms with van der Waals surface area (Å²) in [5.41, 5.74) is 1.55. The van der Waals surface area contributed by atoms with Gasteiger partial charge in [0, 0.05) is 34.6 Å². The number of rotatable bonds is 6. The molecule has 144 valence electrons. The molecular weight excluding hydrogens is 362 g/mol. The Bertz CT molecular complexity index is 794. The van der Waals surface area contributed by atoms with Gasteiger partial charge in [0.15, 0.2) is 0 Å². The van der Waals surface area contributed by atoms with Gasteiger partial charge in [-0.2, -0.15) is 0 Å². The van der Waals surface area contributed by atoms with Gasteiger partial charge >= 0.3 is 0 Å². The lowest BCUT2D eigenvalue weighted by molar-refractivity contribution is -0.118. The van der Waals surface area contributed by atoms with E-state index < -0.39 is 11.7 Å². The van der Waals surface area contributed by atoms with Crippen LogP contribution >= 0.6 is 11.6 Å². The first kappa shape index (κ1) is 19.6. The number of hydrogen-bond donors (Lipinski definition) is 2. The van der Waals surface area contributed by atoms with E-state index in [9.17, 15) is 9.59 Å². The third-order valence-electron chi connectivity index (χ3n) is 5.74. The molecule has 2 aromatic rings. The molecule has 1 aliphatic rings. The summed E-state index contributed by atoms with van der Waals surface area (Å²) in [6, 6.07) is 9.62. The zero-order chi connectivity index (χ0) is 19.4. The lowest BCUT2D eigenvalue weighted by Crippen LogP contribution is -2.52. The number of nitrogens with one attached hydrogen (secondary N) is 2. The number of hydrogen-bond acceptors (Lipinski definition) is 3. The molecule has 1 heterocycles. The highest BCUT2D eigenvalue weighted by Crippen LogP contribution is 2.36. The van der Waals surface area contributed by atoms with Gasteiger partial charge in [-0.15, -0.1) is 0 Å². The Morgan fingerprint density at radius 2 is 1.93 bits per heavy atom. The van der Waals surface area contributed by atoms with Crippen LogP contribution in [0.15, 0.2) is 42.7 Å². The monoisotopic (exact) mass is 387 g/mol. The zero-order valence-corrected chi connectivity index (χ0v) is 16.6. The van der Waals surface area contributed by atoms with Crippen LogP contribution in [0.5, 0.6) is 0 Å². The first-order chi connectivity index (χ1) is 12.9. The third kappa shape index (κ3) is 4.42. The quantitative estimate of drug-likeness (QED) is 0.589. The Morgan fingerprint density at radius 3 is 2.52 bits per heavy atom. The molecule has 5 nitrogen and oxygen atoms in total. The Balaban J connectivity index is 1.62. The van der Waals surface area contributed by atoms with Crippen LogP contribution in [0.4, 0.5) is 0 Å². The highest BCUT2D eigenvalue weighted by molar-refractivity contribution is 6.42. The van der Waals surface area contributed by atoms with Crippen molar-refractivity contribution in [2.75, 3.05) is 14.1 Å². The minimum atomic E-state index is -0.525. The van der Waals surface area contributed by atoms with E-state index in [1.165, 1.54) is 0 Å². The van der Waals surface area contributed by atoms with Crippen LogP contribution in [-0.4, -0.2) is 47.3 Å². The van der Waals surface area contributed by atoms with Gasteiger partial charge in [0.1, 0.15) is 0 Å². The standard InChI is InChI=1S/C21H26ClN3O2/c1-25(2)21(13-15-5-3-4-6-18(15)22)10-7-17(8-11-21)24-20(27)19(26)16-9-12-23-14-16/h3-6,9,12,14,17,23H,7-8,10-11,13H2,1-2H3,(H,24,27). The topological polar surface area (TPSA) is 65.2 Å². The molecule has 0 aliphatic heterocycles. The molecule has 1 saturated carbocycles. The summed E-state index contributed by atoms with van der Waals surface area (Å²) < 4.78 is 0. The molecule has 0 unspecified atom stereocenters. The normalized spacial score (nSPS) is 22.6. The maximum atomic E-state index is 12.2. The average molecular weight is 388 g/mol. The van der Waals surface area contributed by atoms with Gasteiger partial charge in [-0.05, 0) is 63.9 Å². The van der Waals surface area contributed by atoms with Crippen LogP contribution in [-0.2, 0) is 11.2 Å². The number of aromatic nitrogens is 1. The van der Waals surface area contributed by atoms with E-state index in [0.717, 1.165) is 42.7 Å². The molecule has 1 aliphatic carbocycles. The Hall–Kier alpha value is -2.11. The Kier molecular flexibility index (Phi) is 6.02. The molecule has 0 saturated heterocycles. The number of H-pyrrole nitrogens is 1. The van der Waals surface area contributed by atoms with E-state index in [1.807, 2.05) is 18.2 Å². The Labute approximate surface area is 165 Å². The van der Waals surface area contributed by atoms with Gasteiger partial charge in [-0.1, -0.05) is 29.8 Å². The fourth-order valence-corrected chi connectivity index (χ4v) is 4.13. The van der Waals surface area contributed by atoms with Crippen molar-refractivity contribution in [1.82, 2.24) is 15.2 Å². The number of nitrogens with zero attached hydrogens (tertiary/aromatic N) is 1. The molecule has 0 spiro atoms. The van der Waals surface area contributed by atoms with E-state index in [-0.39, 0.29) is 11.6 Å². The summed E-state index contributed by atoms with van der Waals surface area (Å²) in [6.45, 7) is 0. The number of ketones is 1. The number of carbonyl (C=O) groups excluding carboxylic acids is 2. The number of aromatic amines is 1. The molecule has 1 fully saturated rings. The van der Waals surface area contributed by atoms with E-state index in [4.69, 9.17) is 11.6 Å². The van der Waals surface area contributed by atoms with Crippen molar-refractivity contribution in [2.45, 2.75) is 43.7 Å². The smallest absolute Gasteiger partial charge is 0.292 e. The van der Waals surface area contributed by atoms with E-state index in [1.54, 1.807) is 18.5 Å². The Morgan fingerprint density at radius 1 is 1.22 bits per heavy atom. The van der Waals surface area contributed by atoms with Crippen LogP contribution in [0.25, 0.3) is 0 Å². The van der Waals surface area contributed by atoms with Gasteiger partial charge in [0.2, 0.25) is 0 Å². The molecule has 2 N–H and O–H groups in total. The molecule has 1 aromatic carbocycles. The van der Waals surface area contributed by atoms with Gasteiger partial charge in [0.25, 0.3) is 11.7 Å². The highest BCUT2D eigenvalue weighted by atomic mass is 35.5. The van der Waals surface area contributed by atoms with Crippen LogP contribution in [0.2, 0.25) is 5.02 Å². The van der Waals surface area contributed by atoms with Crippen LogP contribution in [0.1, 0.15) is 41.6 Å². The molecule has 27 heavy (non-hydrogen) atoms. The molecule has 0 radical (unpaired) electrons. The lowest BCUT2D eigenvalue weighted by Gasteiger charge is -2.45.